The highest BCUT2D eigenvalue weighted by atomic mass is 16.5. The summed E-state index contributed by atoms with van der Waals surface area (Å²) in [5, 5.41) is 9.74. The molecular weight excluding hydrogens is 350 g/mol. The Kier molecular flexibility index (Phi) is 5.54. The normalized spacial score (nSPS) is 21.1. The van der Waals surface area contributed by atoms with Gasteiger partial charge in [-0.1, -0.05) is 0 Å². The summed E-state index contributed by atoms with van der Waals surface area (Å²) in [6.45, 7) is 7.29. The Morgan fingerprint density at radius 3 is 2.15 bits per heavy atom. The first-order chi connectivity index (χ1) is 12.9. The number of aromatic nitrogens is 5. The van der Waals surface area contributed by atoms with Gasteiger partial charge in [-0.2, -0.15) is 9.97 Å². The number of rotatable bonds is 5. The van der Waals surface area contributed by atoms with Crippen molar-refractivity contribution in [3.63, 3.8) is 0 Å². The van der Waals surface area contributed by atoms with Crippen LogP contribution in [0.5, 0.6) is 12.0 Å². The molecule has 1 unspecified atom stereocenters. The molecule has 1 aliphatic rings. The van der Waals surface area contributed by atoms with Gasteiger partial charge in [0, 0.05) is 31.4 Å². The molecule has 0 saturated carbocycles. The molecule has 0 amide bonds. The molecular formula is C17H25N7O3. The van der Waals surface area contributed by atoms with Gasteiger partial charge in [0.1, 0.15) is 11.9 Å². The predicted octanol–water partition coefficient (Wildman–Crippen LogP) is 0.836. The molecule has 0 spiro atoms. The Labute approximate surface area is 158 Å². The second-order valence-electron chi connectivity index (χ2n) is 6.57. The number of hydrogen-bond acceptors (Lipinski definition) is 10. The van der Waals surface area contributed by atoms with Gasteiger partial charge in [-0.3, -0.25) is 0 Å². The summed E-state index contributed by atoms with van der Waals surface area (Å²) in [6.07, 6.45) is 0.972. The second kappa shape index (κ2) is 7.87. The van der Waals surface area contributed by atoms with E-state index >= 15 is 0 Å². The Morgan fingerprint density at radius 1 is 1.04 bits per heavy atom. The molecule has 1 saturated heterocycles. The van der Waals surface area contributed by atoms with E-state index in [1.54, 1.807) is 13.1 Å². The van der Waals surface area contributed by atoms with Crippen LogP contribution in [-0.2, 0) is 0 Å². The van der Waals surface area contributed by atoms with Crippen LogP contribution in [0.4, 0.5) is 11.8 Å². The third kappa shape index (κ3) is 4.00. The van der Waals surface area contributed by atoms with E-state index in [-0.39, 0.29) is 24.1 Å². The monoisotopic (exact) mass is 375 g/mol. The van der Waals surface area contributed by atoms with Gasteiger partial charge in [0.2, 0.25) is 5.95 Å². The molecule has 3 rings (SSSR count). The van der Waals surface area contributed by atoms with Crippen LogP contribution < -0.4 is 19.3 Å². The van der Waals surface area contributed by atoms with Crippen LogP contribution in [0.1, 0.15) is 32.7 Å². The average molecular weight is 375 g/mol. The van der Waals surface area contributed by atoms with E-state index in [0.717, 1.165) is 18.9 Å². The van der Waals surface area contributed by atoms with Gasteiger partial charge in [0.15, 0.2) is 5.82 Å². The number of ether oxygens (including phenoxy) is 2. The van der Waals surface area contributed by atoms with Crippen molar-refractivity contribution in [1.82, 2.24) is 24.9 Å². The van der Waals surface area contributed by atoms with E-state index in [1.165, 1.54) is 14.2 Å². The van der Waals surface area contributed by atoms with Crippen molar-refractivity contribution in [2.75, 3.05) is 37.1 Å². The summed E-state index contributed by atoms with van der Waals surface area (Å²) >= 11 is 0. The first kappa shape index (κ1) is 19.0. The molecule has 10 heteroatoms. The lowest BCUT2D eigenvalue weighted by Gasteiger charge is -2.44. The third-order valence-electron chi connectivity index (χ3n) is 4.45. The highest BCUT2D eigenvalue weighted by molar-refractivity contribution is 5.45. The summed E-state index contributed by atoms with van der Waals surface area (Å²) in [7, 11) is 3.02. The van der Waals surface area contributed by atoms with Crippen molar-refractivity contribution in [1.29, 1.82) is 0 Å². The van der Waals surface area contributed by atoms with Gasteiger partial charge < -0.3 is 24.4 Å². The zero-order valence-electron chi connectivity index (χ0n) is 16.2. The van der Waals surface area contributed by atoms with Crippen LogP contribution in [0, 0.1) is 0 Å². The minimum absolute atomic E-state index is 0.107. The number of methoxy groups -OCH3 is 2. The van der Waals surface area contributed by atoms with Gasteiger partial charge in [-0.25, -0.2) is 9.97 Å². The number of anilines is 2. The standard InChI is InChI=1S/C17H25N7O3/c1-10-8-23(13-6-7-18-14(19-13)12(3)25)9-11(2)24(10)15-20-16(26-4)22-17(21-15)27-5/h6-7,10-12,25H,8-9H2,1-5H3/t10-,11?,12-/m1/s1. The fourth-order valence-corrected chi connectivity index (χ4v) is 3.27. The maximum absolute atomic E-state index is 9.74. The zero-order chi connectivity index (χ0) is 19.6. The Balaban J connectivity index is 1.85. The fourth-order valence-electron chi connectivity index (χ4n) is 3.27. The van der Waals surface area contributed by atoms with Crippen molar-refractivity contribution < 1.29 is 14.6 Å². The van der Waals surface area contributed by atoms with E-state index < -0.39 is 6.10 Å². The van der Waals surface area contributed by atoms with Crippen molar-refractivity contribution >= 4 is 11.8 Å². The topological polar surface area (TPSA) is 110 Å². The molecule has 146 valence electrons. The van der Waals surface area contributed by atoms with Gasteiger partial charge in [0.25, 0.3) is 0 Å². The molecule has 1 fully saturated rings. The van der Waals surface area contributed by atoms with Gasteiger partial charge in [0.05, 0.1) is 14.2 Å². The Hall–Kier alpha value is -2.75. The molecule has 1 N–H and O–H groups in total. The van der Waals surface area contributed by atoms with Gasteiger partial charge in [-0.15, -0.1) is 4.98 Å². The Bertz CT molecular complexity index is 755. The molecule has 2 aromatic rings. The van der Waals surface area contributed by atoms with E-state index in [0.29, 0.717) is 11.8 Å². The summed E-state index contributed by atoms with van der Waals surface area (Å²) < 4.78 is 10.3. The second-order valence-corrected chi connectivity index (χ2v) is 6.57. The largest absolute Gasteiger partial charge is 0.467 e. The lowest BCUT2D eigenvalue weighted by molar-refractivity contribution is 0.189. The maximum Gasteiger partial charge on any atom is 0.324 e. The number of nitrogens with zero attached hydrogens (tertiary/aromatic N) is 7. The number of aliphatic hydroxyl groups excluding tert-OH is 1. The quantitative estimate of drug-likeness (QED) is 0.807. The lowest BCUT2D eigenvalue weighted by atomic mass is 10.1. The highest BCUT2D eigenvalue weighted by Gasteiger charge is 2.33. The van der Waals surface area contributed by atoms with Gasteiger partial charge >= 0.3 is 12.0 Å². The van der Waals surface area contributed by atoms with E-state index in [1.807, 2.05) is 6.07 Å². The molecule has 0 aromatic carbocycles. The predicted molar refractivity (Wildman–Crippen MR) is 99.2 cm³/mol. The van der Waals surface area contributed by atoms with Crippen LogP contribution >= 0.6 is 0 Å². The molecule has 1 aliphatic heterocycles. The lowest BCUT2D eigenvalue weighted by Crippen LogP contribution is -2.57. The minimum Gasteiger partial charge on any atom is -0.467 e. The number of hydrogen-bond donors (Lipinski definition) is 1. The maximum atomic E-state index is 9.74. The molecule has 2 aromatic heterocycles. The van der Waals surface area contributed by atoms with Crippen LogP contribution in [0.3, 0.4) is 0 Å². The summed E-state index contributed by atoms with van der Waals surface area (Å²) in [5.41, 5.74) is 0. The Morgan fingerprint density at radius 2 is 1.63 bits per heavy atom. The SMILES string of the molecule is COc1nc(OC)nc(N2C(C)CN(c3ccnc([C@@H](C)O)n3)C[C@H]2C)n1. The zero-order valence-corrected chi connectivity index (χ0v) is 16.2. The van der Waals surface area contributed by atoms with Crippen molar-refractivity contribution in [3.05, 3.63) is 18.1 Å². The van der Waals surface area contributed by atoms with Crippen molar-refractivity contribution in [3.8, 4) is 12.0 Å². The van der Waals surface area contributed by atoms with E-state index in [9.17, 15) is 5.11 Å². The molecule has 0 radical (unpaired) electrons. The fraction of sp³-hybridized carbons (Fsp3) is 0.588. The third-order valence-corrected chi connectivity index (χ3v) is 4.45. The summed E-state index contributed by atoms with van der Waals surface area (Å²) in [4.78, 5) is 25.7. The summed E-state index contributed by atoms with van der Waals surface area (Å²) in [5.74, 6) is 1.73. The van der Waals surface area contributed by atoms with Crippen molar-refractivity contribution in [2.24, 2.45) is 0 Å². The van der Waals surface area contributed by atoms with E-state index in [4.69, 9.17) is 9.47 Å². The minimum atomic E-state index is -0.703. The van der Waals surface area contributed by atoms with Crippen LogP contribution in [0.25, 0.3) is 0 Å². The summed E-state index contributed by atoms with van der Waals surface area (Å²) in [6, 6.07) is 2.51. The van der Waals surface area contributed by atoms with Gasteiger partial charge in [-0.05, 0) is 26.8 Å². The molecule has 0 aliphatic carbocycles. The molecule has 10 nitrogen and oxygen atoms in total. The molecule has 27 heavy (non-hydrogen) atoms. The first-order valence-electron chi connectivity index (χ1n) is 8.81. The van der Waals surface area contributed by atoms with Crippen LogP contribution in [0.15, 0.2) is 12.3 Å². The van der Waals surface area contributed by atoms with Crippen LogP contribution in [0.2, 0.25) is 0 Å². The van der Waals surface area contributed by atoms with Crippen molar-refractivity contribution in [2.45, 2.75) is 39.0 Å². The molecule has 3 atom stereocenters. The highest BCUT2D eigenvalue weighted by Crippen LogP contribution is 2.26. The van der Waals surface area contributed by atoms with E-state index in [2.05, 4.69) is 48.6 Å². The number of piperazine rings is 1. The van der Waals surface area contributed by atoms with Crippen LogP contribution in [-0.4, -0.2) is 69.4 Å². The molecule has 0 bridgehead atoms. The smallest absolute Gasteiger partial charge is 0.324 e. The number of aliphatic hydroxyl groups is 1. The first-order valence-corrected chi connectivity index (χ1v) is 8.81. The molecule has 3 heterocycles. The average Bonchev–Trinajstić information content (AvgIpc) is 2.67.